The third kappa shape index (κ3) is 2.93. The van der Waals surface area contributed by atoms with Crippen molar-refractivity contribution in [2.45, 2.75) is 19.3 Å². The number of hydrogen-bond acceptors (Lipinski definition) is 3. The number of carboxylic acid groups (broad SMARTS) is 1. The molecule has 1 aromatic rings. The molecule has 1 rings (SSSR count). The fourth-order valence-corrected chi connectivity index (χ4v) is 1.64. The van der Waals surface area contributed by atoms with Crippen LogP contribution in [0.2, 0.25) is 5.02 Å². The maximum atomic E-state index is 10.7. The summed E-state index contributed by atoms with van der Waals surface area (Å²) in [6.07, 6.45) is -0.165. The van der Waals surface area contributed by atoms with E-state index in [1.807, 2.05) is 0 Å². The zero-order chi connectivity index (χ0) is 12.3. The number of carboxylic acids is 1. The van der Waals surface area contributed by atoms with E-state index in [0.29, 0.717) is 10.6 Å². The molecule has 0 aliphatic carbocycles. The van der Waals surface area contributed by atoms with Gasteiger partial charge in [-0.3, -0.25) is 14.9 Å². The zero-order valence-corrected chi connectivity index (χ0v) is 9.27. The van der Waals surface area contributed by atoms with Gasteiger partial charge in [0.2, 0.25) is 0 Å². The molecule has 0 amide bonds. The van der Waals surface area contributed by atoms with Crippen molar-refractivity contribution in [2.24, 2.45) is 0 Å². The van der Waals surface area contributed by atoms with E-state index in [0.717, 1.165) is 0 Å². The molecule has 86 valence electrons. The molecule has 5 nitrogen and oxygen atoms in total. The highest BCUT2D eigenvalue weighted by Gasteiger charge is 2.21. The molecule has 0 radical (unpaired) electrons. The van der Waals surface area contributed by atoms with Gasteiger partial charge in [-0.1, -0.05) is 18.5 Å². The largest absolute Gasteiger partial charge is 0.481 e. The monoisotopic (exact) mass is 243 g/mol. The summed E-state index contributed by atoms with van der Waals surface area (Å²) in [7, 11) is 0. The average molecular weight is 244 g/mol. The van der Waals surface area contributed by atoms with Gasteiger partial charge in [-0.15, -0.1) is 0 Å². The number of nitro benzene ring substituents is 1. The van der Waals surface area contributed by atoms with Crippen LogP contribution >= 0.6 is 11.6 Å². The summed E-state index contributed by atoms with van der Waals surface area (Å²) in [6.45, 7) is 1.62. The van der Waals surface area contributed by atoms with Crippen LogP contribution in [0.1, 0.15) is 24.8 Å². The number of halogens is 1. The Morgan fingerprint density at radius 3 is 2.75 bits per heavy atom. The van der Waals surface area contributed by atoms with Crippen LogP contribution in [0.4, 0.5) is 5.69 Å². The van der Waals surface area contributed by atoms with Gasteiger partial charge >= 0.3 is 5.97 Å². The van der Waals surface area contributed by atoms with Gasteiger partial charge in [0.1, 0.15) is 0 Å². The number of nitro groups is 1. The number of hydrogen-bond donors (Lipinski definition) is 1. The van der Waals surface area contributed by atoms with Crippen LogP contribution in [-0.2, 0) is 4.79 Å². The molecule has 1 aromatic carbocycles. The Morgan fingerprint density at radius 1 is 1.62 bits per heavy atom. The second-order valence-corrected chi connectivity index (χ2v) is 3.90. The second-order valence-electron chi connectivity index (χ2n) is 3.46. The first-order chi connectivity index (χ1) is 7.41. The van der Waals surface area contributed by atoms with Crippen LogP contribution in [0.25, 0.3) is 0 Å². The molecule has 0 saturated heterocycles. The Hall–Kier alpha value is -1.62. The van der Waals surface area contributed by atoms with E-state index < -0.39 is 16.8 Å². The van der Waals surface area contributed by atoms with Crippen LogP contribution in [0.15, 0.2) is 18.2 Å². The highest BCUT2D eigenvalue weighted by Crippen LogP contribution is 2.31. The molecule has 0 aromatic heterocycles. The predicted molar refractivity (Wildman–Crippen MR) is 58.8 cm³/mol. The SMILES string of the molecule is CC(CC(=O)O)c1cc(Cl)ccc1[N+](=O)[O-]. The van der Waals surface area contributed by atoms with Gasteiger partial charge < -0.3 is 5.11 Å². The minimum Gasteiger partial charge on any atom is -0.481 e. The number of nitrogens with zero attached hydrogens (tertiary/aromatic N) is 1. The lowest BCUT2D eigenvalue weighted by Crippen LogP contribution is -2.05. The first-order valence-electron chi connectivity index (χ1n) is 4.57. The molecular weight excluding hydrogens is 234 g/mol. The van der Waals surface area contributed by atoms with Gasteiger partial charge in [-0.05, 0) is 18.1 Å². The van der Waals surface area contributed by atoms with E-state index in [-0.39, 0.29) is 12.1 Å². The van der Waals surface area contributed by atoms with Gasteiger partial charge in [0.05, 0.1) is 11.3 Å². The van der Waals surface area contributed by atoms with E-state index in [1.54, 1.807) is 6.92 Å². The smallest absolute Gasteiger partial charge is 0.303 e. The molecule has 0 spiro atoms. The van der Waals surface area contributed by atoms with Gasteiger partial charge in [0.15, 0.2) is 0 Å². The molecule has 16 heavy (non-hydrogen) atoms. The minimum atomic E-state index is -0.998. The van der Waals surface area contributed by atoms with E-state index in [1.165, 1.54) is 18.2 Å². The van der Waals surface area contributed by atoms with Crippen molar-refractivity contribution in [3.8, 4) is 0 Å². The van der Waals surface area contributed by atoms with Gasteiger partial charge in [-0.25, -0.2) is 0 Å². The first-order valence-corrected chi connectivity index (χ1v) is 4.95. The maximum Gasteiger partial charge on any atom is 0.303 e. The number of aliphatic carboxylic acids is 1. The average Bonchev–Trinajstić information content (AvgIpc) is 2.15. The number of carbonyl (C=O) groups is 1. The van der Waals surface area contributed by atoms with E-state index in [9.17, 15) is 14.9 Å². The van der Waals surface area contributed by atoms with Crippen LogP contribution in [0, 0.1) is 10.1 Å². The third-order valence-corrected chi connectivity index (χ3v) is 2.43. The molecule has 0 bridgehead atoms. The van der Waals surface area contributed by atoms with Gasteiger partial charge in [-0.2, -0.15) is 0 Å². The molecule has 0 heterocycles. The quantitative estimate of drug-likeness (QED) is 0.651. The molecule has 1 N–H and O–H groups in total. The lowest BCUT2D eigenvalue weighted by atomic mass is 9.96. The van der Waals surface area contributed by atoms with E-state index in [2.05, 4.69) is 0 Å². The summed E-state index contributed by atoms with van der Waals surface area (Å²) in [5.74, 6) is -1.45. The summed E-state index contributed by atoms with van der Waals surface area (Å²) in [6, 6.07) is 4.14. The molecule has 0 aliphatic rings. The first kappa shape index (κ1) is 12.4. The van der Waals surface area contributed by atoms with Crippen molar-refractivity contribution in [1.29, 1.82) is 0 Å². The Kier molecular flexibility index (Phi) is 3.84. The Labute approximate surface area is 96.8 Å². The molecule has 1 unspecified atom stereocenters. The van der Waals surface area contributed by atoms with E-state index in [4.69, 9.17) is 16.7 Å². The number of benzene rings is 1. The fourth-order valence-electron chi connectivity index (χ4n) is 1.46. The molecule has 1 atom stereocenters. The predicted octanol–water partition coefficient (Wildman–Crippen LogP) is 2.83. The lowest BCUT2D eigenvalue weighted by molar-refractivity contribution is -0.385. The molecule has 0 saturated carbocycles. The van der Waals surface area contributed by atoms with Crippen LogP contribution in [0.3, 0.4) is 0 Å². The summed E-state index contributed by atoms with van der Waals surface area (Å²) in [5.41, 5.74) is 0.248. The van der Waals surface area contributed by atoms with Crippen LogP contribution < -0.4 is 0 Å². The van der Waals surface area contributed by atoms with E-state index >= 15 is 0 Å². The molecule has 6 heteroatoms. The Morgan fingerprint density at radius 2 is 2.25 bits per heavy atom. The highest BCUT2D eigenvalue weighted by molar-refractivity contribution is 6.30. The minimum absolute atomic E-state index is 0.0989. The standard InChI is InChI=1S/C10H10ClNO4/c1-6(4-10(13)14)8-5-7(11)2-3-9(8)12(15)16/h2-3,5-6H,4H2,1H3,(H,13,14). The summed E-state index contributed by atoms with van der Waals surface area (Å²) in [5, 5.41) is 19.7. The maximum absolute atomic E-state index is 10.7. The lowest BCUT2D eigenvalue weighted by Gasteiger charge is -2.09. The van der Waals surface area contributed by atoms with Crippen molar-refractivity contribution in [1.82, 2.24) is 0 Å². The molecule has 0 aliphatic heterocycles. The summed E-state index contributed by atoms with van der Waals surface area (Å²) < 4.78 is 0. The van der Waals surface area contributed by atoms with Crippen molar-refractivity contribution in [2.75, 3.05) is 0 Å². The highest BCUT2D eigenvalue weighted by atomic mass is 35.5. The van der Waals surface area contributed by atoms with Crippen molar-refractivity contribution in [3.05, 3.63) is 38.9 Å². The summed E-state index contributed by atoms with van der Waals surface area (Å²) in [4.78, 5) is 20.7. The van der Waals surface area contributed by atoms with Crippen LogP contribution in [-0.4, -0.2) is 16.0 Å². The third-order valence-electron chi connectivity index (χ3n) is 2.20. The van der Waals surface area contributed by atoms with Crippen molar-refractivity contribution < 1.29 is 14.8 Å². The number of rotatable bonds is 4. The second kappa shape index (κ2) is 4.94. The normalized spacial score (nSPS) is 12.1. The van der Waals surface area contributed by atoms with Crippen LogP contribution in [0.5, 0.6) is 0 Å². The Balaban J connectivity index is 3.13. The molecular formula is C10H10ClNO4. The summed E-state index contributed by atoms with van der Waals surface area (Å²) >= 11 is 5.73. The molecule has 0 fully saturated rings. The zero-order valence-electron chi connectivity index (χ0n) is 8.51. The van der Waals surface area contributed by atoms with Crippen molar-refractivity contribution in [3.63, 3.8) is 0 Å². The van der Waals surface area contributed by atoms with Crippen molar-refractivity contribution >= 4 is 23.3 Å². The topological polar surface area (TPSA) is 80.4 Å². The van der Waals surface area contributed by atoms with Gasteiger partial charge in [0.25, 0.3) is 5.69 Å². The Bertz CT molecular complexity index is 433. The van der Waals surface area contributed by atoms with Gasteiger partial charge in [0, 0.05) is 16.7 Å². The fraction of sp³-hybridized carbons (Fsp3) is 0.300.